The predicted molar refractivity (Wildman–Crippen MR) is 62.4 cm³/mol. The van der Waals surface area contributed by atoms with Crippen molar-refractivity contribution >= 4 is 16.7 Å². The van der Waals surface area contributed by atoms with E-state index in [1.165, 1.54) is 6.20 Å². The monoisotopic (exact) mass is 233 g/mol. The van der Waals surface area contributed by atoms with E-state index >= 15 is 0 Å². The number of pyridine rings is 1. The van der Waals surface area contributed by atoms with Crippen LogP contribution in [0.1, 0.15) is 0 Å². The number of rotatable bonds is 3. The lowest BCUT2D eigenvalue weighted by Crippen LogP contribution is -2.23. The molecule has 0 aliphatic heterocycles. The lowest BCUT2D eigenvalue weighted by atomic mass is 10.1. The first-order chi connectivity index (χ1) is 8.11. The van der Waals surface area contributed by atoms with Gasteiger partial charge in [0, 0.05) is 11.6 Å². The first kappa shape index (κ1) is 11.2. The summed E-state index contributed by atoms with van der Waals surface area (Å²) in [5.74, 6) is -0.382. The average Bonchev–Trinajstić information content (AvgIpc) is 2.32. The fourth-order valence-corrected chi connectivity index (χ4v) is 1.66. The molecule has 1 N–H and O–H groups in total. The van der Waals surface area contributed by atoms with Crippen LogP contribution in [0.4, 0.5) is 0 Å². The van der Waals surface area contributed by atoms with E-state index in [-0.39, 0.29) is 12.1 Å². The Labute approximate surface area is 96.9 Å². The molecule has 2 rings (SSSR count). The summed E-state index contributed by atoms with van der Waals surface area (Å²) < 4.78 is 6.22. The van der Waals surface area contributed by atoms with Crippen molar-refractivity contribution in [1.29, 1.82) is 0 Å². The van der Waals surface area contributed by atoms with Crippen LogP contribution < -0.4 is 10.3 Å². The van der Waals surface area contributed by atoms with Crippen LogP contribution in [-0.4, -0.2) is 22.8 Å². The van der Waals surface area contributed by atoms with Crippen LogP contribution in [-0.2, 0) is 11.3 Å². The van der Waals surface area contributed by atoms with Gasteiger partial charge in [0.1, 0.15) is 12.3 Å². The summed E-state index contributed by atoms with van der Waals surface area (Å²) in [4.78, 5) is 22.5. The van der Waals surface area contributed by atoms with Gasteiger partial charge in [-0.25, -0.2) is 0 Å². The quantitative estimate of drug-likeness (QED) is 0.861. The largest absolute Gasteiger partial charge is 0.497 e. The zero-order valence-electron chi connectivity index (χ0n) is 9.21. The molecule has 0 spiro atoms. The van der Waals surface area contributed by atoms with Crippen molar-refractivity contribution in [3.8, 4) is 5.75 Å². The molecular formula is C12H11NO4. The highest BCUT2D eigenvalue weighted by atomic mass is 16.5. The van der Waals surface area contributed by atoms with Gasteiger partial charge in [-0.3, -0.25) is 9.59 Å². The molecule has 0 amide bonds. The van der Waals surface area contributed by atoms with Gasteiger partial charge in [-0.2, -0.15) is 0 Å². The number of aromatic nitrogens is 1. The summed E-state index contributed by atoms with van der Waals surface area (Å²) >= 11 is 0. The molecule has 17 heavy (non-hydrogen) atoms. The second-order valence-electron chi connectivity index (χ2n) is 3.60. The maximum atomic E-state index is 11.9. The first-order valence-electron chi connectivity index (χ1n) is 5.01. The third-order valence-electron chi connectivity index (χ3n) is 2.49. The summed E-state index contributed by atoms with van der Waals surface area (Å²) in [5, 5.41) is 9.88. The molecule has 2 aromatic rings. The van der Waals surface area contributed by atoms with Gasteiger partial charge < -0.3 is 14.4 Å². The van der Waals surface area contributed by atoms with Gasteiger partial charge in [0.25, 0.3) is 5.56 Å². The van der Waals surface area contributed by atoms with E-state index in [0.29, 0.717) is 11.1 Å². The number of carbonyl (C=O) groups is 1. The Morgan fingerprint density at radius 2 is 2.18 bits per heavy atom. The number of carboxylic acids is 1. The highest BCUT2D eigenvalue weighted by molar-refractivity contribution is 5.83. The fraction of sp³-hybridized carbons (Fsp3) is 0.167. The predicted octanol–water partition coefficient (Wildman–Crippen LogP) is 1.09. The van der Waals surface area contributed by atoms with Gasteiger partial charge in [-0.05, 0) is 29.7 Å². The molecule has 88 valence electrons. The Hall–Kier alpha value is -2.30. The average molecular weight is 233 g/mol. The van der Waals surface area contributed by atoms with Gasteiger partial charge in [0.05, 0.1) is 7.11 Å². The maximum Gasteiger partial charge on any atom is 0.323 e. The molecule has 0 radical (unpaired) electrons. The Kier molecular flexibility index (Phi) is 2.82. The van der Waals surface area contributed by atoms with Crippen LogP contribution in [0.3, 0.4) is 0 Å². The van der Waals surface area contributed by atoms with Crippen molar-refractivity contribution in [2.45, 2.75) is 6.54 Å². The number of ether oxygens (including phenoxy) is 1. The minimum atomic E-state index is -1.04. The van der Waals surface area contributed by atoms with E-state index < -0.39 is 5.97 Å². The Balaban J connectivity index is 2.60. The highest BCUT2D eigenvalue weighted by Crippen LogP contribution is 2.17. The summed E-state index contributed by atoms with van der Waals surface area (Å²) in [5.41, 5.74) is -0.312. The molecule has 0 saturated carbocycles. The highest BCUT2D eigenvalue weighted by Gasteiger charge is 2.06. The second kappa shape index (κ2) is 4.29. The summed E-state index contributed by atoms with van der Waals surface area (Å²) in [6.45, 7) is -0.333. The molecule has 1 aromatic heterocycles. The molecule has 0 unspecified atom stereocenters. The maximum absolute atomic E-state index is 11.9. The minimum absolute atomic E-state index is 0.312. The number of hydrogen-bond acceptors (Lipinski definition) is 3. The van der Waals surface area contributed by atoms with Gasteiger partial charge in [0.2, 0.25) is 0 Å². The van der Waals surface area contributed by atoms with Crippen molar-refractivity contribution in [3.63, 3.8) is 0 Å². The van der Waals surface area contributed by atoms with E-state index in [1.807, 2.05) is 0 Å². The fourth-order valence-electron chi connectivity index (χ4n) is 1.66. The van der Waals surface area contributed by atoms with Crippen molar-refractivity contribution in [1.82, 2.24) is 4.57 Å². The first-order valence-corrected chi connectivity index (χ1v) is 5.01. The number of benzene rings is 1. The minimum Gasteiger partial charge on any atom is -0.497 e. The van der Waals surface area contributed by atoms with Crippen LogP contribution in [0.25, 0.3) is 10.8 Å². The van der Waals surface area contributed by atoms with Gasteiger partial charge >= 0.3 is 5.97 Å². The lowest BCUT2D eigenvalue weighted by molar-refractivity contribution is -0.137. The zero-order chi connectivity index (χ0) is 12.4. The zero-order valence-corrected chi connectivity index (χ0v) is 9.21. The van der Waals surface area contributed by atoms with Crippen molar-refractivity contribution in [3.05, 3.63) is 40.8 Å². The standard InChI is InChI=1S/C12H11NO4/c1-17-9-2-3-10-8(6-9)4-5-13(12(10)16)7-11(14)15/h2-6H,7H2,1H3,(H,14,15). The summed E-state index contributed by atoms with van der Waals surface area (Å²) in [6.07, 6.45) is 1.47. The molecule has 0 aliphatic carbocycles. The van der Waals surface area contributed by atoms with Crippen molar-refractivity contribution in [2.24, 2.45) is 0 Å². The van der Waals surface area contributed by atoms with Crippen LogP contribution in [0.15, 0.2) is 35.3 Å². The number of methoxy groups -OCH3 is 1. The lowest BCUT2D eigenvalue weighted by Gasteiger charge is -2.05. The van der Waals surface area contributed by atoms with Crippen LogP contribution in [0.2, 0.25) is 0 Å². The third kappa shape index (κ3) is 2.13. The number of nitrogens with zero attached hydrogens (tertiary/aromatic N) is 1. The molecule has 5 heteroatoms. The SMILES string of the molecule is COc1ccc2c(=O)n(CC(=O)O)ccc2c1. The third-order valence-corrected chi connectivity index (χ3v) is 2.49. The smallest absolute Gasteiger partial charge is 0.323 e. The van der Waals surface area contributed by atoms with Crippen LogP contribution in [0, 0.1) is 0 Å². The Morgan fingerprint density at radius 1 is 1.41 bits per heavy atom. The van der Waals surface area contributed by atoms with Gasteiger partial charge in [-0.15, -0.1) is 0 Å². The number of hydrogen-bond donors (Lipinski definition) is 1. The molecule has 0 fully saturated rings. The van der Waals surface area contributed by atoms with Gasteiger partial charge in [0.15, 0.2) is 0 Å². The van der Waals surface area contributed by atoms with E-state index in [1.54, 1.807) is 31.4 Å². The molecule has 1 heterocycles. The summed E-state index contributed by atoms with van der Waals surface area (Å²) in [7, 11) is 1.55. The van der Waals surface area contributed by atoms with E-state index in [2.05, 4.69) is 0 Å². The van der Waals surface area contributed by atoms with Gasteiger partial charge in [-0.1, -0.05) is 0 Å². The van der Waals surface area contributed by atoms with E-state index in [4.69, 9.17) is 9.84 Å². The molecule has 5 nitrogen and oxygen atoms in total. The van der Waals surface area contributed by atoms with Crippen LogP contribution in [0.5, 0.6) is 5.75 Å². The number of aliphatic carboxylic acids is 1. The molecular weight excluding hydrogens is 222 g/mol. The molecule has 0 aliphatic rings. The van der Waals surface area contributed by atoms with E-state index in [0.717, 1.165) is 9.95 Å². The second-order valence-corrected chi connectivity index (χ2v) is 3.60. The Bertz CT molecular complexity index is 630. The number of fused-ring (bicyclic) bond motifs is 1. The topological polar surface area (TPSA) is 68.5 Å². The van der Waals surface area contributed by atoms with Crippen LogP contribution >= 0.6 is 0 Å². The van der Waals surface area contributed by atoms with E-state index in [9.17, 15) is 9.59 Å². The molecule has 1 aromatic carbocycles. The normalized spacial score (nSPS) is 10.4. The molecule has 0 bridgehead atoms. The molecule has 0 atom stereocenters. The van der Waals surface area contributed by atoms with Crippen molar-refractivity contribution in [2.75, 3.05) is 7.11 Å². The number of carboxylic acid groups (broad SMARTS) is 1. The summed E-state index contributed by atoms with van der Waals surface area (Å²) in [6, 6.07) is 6.74. The Morgan fingerprint density at radius 3 is 2.82 bits per heavy atom. The van der Waals surface area contributed by atoms with Crippen molar-refractivity contribution < 1.29 is 14.6 Å². The molecule has 0 saturated heterocycles.